The van der Waals surface area contributed by atoms with Crippen LogP contribution in [0.5, 0.6) is 0 Å². The smallest absolute Gasteiger partial charge is 0.182 e. The van der Waals surface area contributed by atoms with Crippen LogP contribution in [0.3, 0.4) is 0 Å². The Labute approximate surface area is 91.5 Å². The predicted molar refractivity (Wildman–Crippen MR) is 62.9 cm³/mol. The van der Waals surface area contributed by atoms with Crippen molar-refractivity contribution in [3.8, 4) is 0 Å². The van der Waals surface area contributed by atoms with E-state index in [0.29, 0.717) is 6.42 Å². The summed E-state index contributed by atoms with van der Waals surface area (Å²) in [4.78, 5) is 12.2. The average molecular weight is 205 g/mol. The van der Waals surface area contributed by atoms with Crippen molar-refractivity contribution in [2.45, 2.75) is 38.6 Å². The summed E-state index contributed by atoms with van der Waals surface area (Å²) in [6, 6.07) is 9.30. The van der Waals surface area contributed by atoms with Crippen molar-refractivity contribution >= 4 is 5.78 Å². The molecular weight excluding hydrogens is 186 g/mol. The molecule has 0 aliphatic carbocycles. The number of nitrogens with two attached hydrogens (primary N) is 1. The Morgan fingerprint density at radius 2 is 1.87 bits per heavy atom. The van der Waals surface area contributed by atoms with Gasteiger partial charge < -0.3 is 5.73 Å². The Hall–Kier alpha value is -1.15. The minimum absolute atomic E-state index is 0.0625. The molecule has 0 spiro atoms. The highest BCUT2D eigenvalue weighted by Crippen LogP contribution is 2.20. The van der Waals surface area contributed by atoms with Crippen molar-refractivity contribution in [1.82, 2.24) is 0 Å². The fourth-order valence-electron chi connectivity index (χ4n) is 1.77. The summed E-state index contributed by atoms with van der Waals surface area (Å²) >= 11 is 0. The summed E-state index contributed by atoms with van der Waals surface area (Å²) in [5.41, 5.74) is 6.17. The summed E-state index contributed by atoms with van der Waals surface area (Å²) in [6.45, 7) is 4.02. The van der Waals surface area contributed by atoms with Gasteiger partial charge in [-0.1, -0.05) is 50.6 Å². The van der Waals surface area contributed by atoms with Gasteiger partial charge in [-0.25, -0.2) is 0 Å². The van der Waals surface area contributed by atoms with Gasteiger partial charge in [0.15, 0.2) is 5.78 Å². The maximum atomic E-state index is 12.2. The van der Waals surface area contributed by atoms with Gasteiger partial charge in [-0.05, 0) is 12.8 Å². The lowest BCUT2D eigenvalue weighted by molar-refractivity contribution is 0.0874. The Morgan fingerprint density at radius 1 is 1.27 bits per heavy atom. The van der Waals surface area contributed by atoms with Crippen LogP contribution in [0.4, 0.5) is 0 Å². The number of Topliss-reactive ketones (excluding diaryl/α,β-unsaturated/α-hetero) is 1. The van der Waals surface area contributed by atoms with Gasteiger partial charge in [-0.2, -0.15) is 0 Å². The van der Waals surface area contributed by atoms with Crippen LogP contribution >= 0.6 is 0 Å². The third-order valence-corrected chi connectivity index (χ3v) is 2.82. The molecule has 1 atom stereocenters. The number of rotatable bonds is 5. The standard InChI is InChI=1S/C13H19NO/c1-3-10-13(14,4-2)12(15)11-8-6-5-7-9-11/h5-9H,3-4,10,14H2,1-2H3. The van der Waals surface area contributed by atoms with Crippen LogP contribution in [0.25, 0.3) is 0 Å². The number of carbonyl (C=O) groups excluding carboxylic acids is 1. The topological polar surface area (TPSA) is 43.1 Å². The van der Waals surface area contributed by atoms with E-state index in [1.54, 1.807) is 0 Å². The molecule has 2 N–H and O–H groups in total. The Bertz CT molecular complexity index is 321. The lowest BCUT2D eigenvalue weighted by Gasteiger charge is -2.26. The molecule has 2 nitrogen and oxygen atoms in total. The highest BCUT2D eigenvalue weighted by Gasteiger charge is 2.31. The molecule has 0 aliphatic rings. The van der Waals surface area contributed by atoms with Crippen LogP contribution in [0, 0.1) is 0 Å². The maximum Gasteiger partial charge on any atom is 0.182 e. The molecule has 0 saturated carbocycles. The molecule has 0 radical (unpaired) electrons. The number of ketones is 1. The molecule has 1 aromatic rings. The van der Waals surface area contributed by atoms with Gasteiger partial charge >= 0.3 is 0 Å². The van der Waals surface area contributed by atoms with Gasteiger partial charge in [-0.15, -0.1) is 0 Å². The molecule has 1 rings (SSSR count). The van der Waals surface area contributed by atoms with Gasteiger partial charge in [0.25, 0.3) is 0 Å². The normalized spacial score (nSPS) is 14.6. The quantitative estimate of drug-likeness (QED) is 0.751. The van der Waals surface area contributed by atoms with Crippen LogP contribution in [0.2, 0.25) is 0 Å². The molecular formula is C13H19NO. The molecule has 0 saturated heterocycles. The van der Waals surface area contributed by atoms with Crippen LogP contribution in [-0.4, -0.2) is 11.3 Å². The van der Waals surface area contributed by atoms with Crippen molar-refractivity contribution in [1.29, 1.82) is 0 Å². The number of carbonyl (C=O) groups is 1. The summed E-state index contributed by atoms with van der Waals surface area (Å²) in [5, 5.41) is 0. The first kappa shape index (κ1) is 11.9. The van der Waals surface area contributed by atoms with Crippen molar-refractivity contribution in [2.24, 2.45) is 5.73 Å². The minimum Gasteiger partial charge on any atom is -0.319 e. The third kappa shape index (κ3) is 2.66. The molecule has 1 unspecified atom stereocenters. The highest BCUT2D eigenvalue weighted by atomic mass is 16.1. The van der Waals surface area contributed by atoms with E-state index in [1.165, 1.54) is 0 Å². The highest BCUT2D eigenvalue weighted by molar-refractivity contribution is 6.03. The summed E-state index contributed by atoms with van der Waals surface area (Å²) < 4.78 is 0. The monoisotopic (exact) mass is 205 g/mol. The molecule has 0 fully saturated rings. The van der Waals surface area contributed by atoms with E-state index < -0.39 is 5.54 Å². The van der Waals surface area contributed by atoms with Gasteiger partial charge in [0.1, 0.15) is 0 Å². The molecule has 0 amide bonds. The minimum atomic E-state index is -0.684. The second-order valence-electron chi connectivity index (χ2n) is 3.95. The van der Waals surface area contributed by atoms with Crippen LogP contribution in [0.1, 0.15) is 43.5 Å². The Kier molecular flexibility index (Phi) is 4.04. The molecule has 0 bridgehead atoms. The second kappa shape index (κ2) is 5.08. The fraction of sp³-hybridized carbons (Fsp3) is 0.462. The zero-order valence-corrected chi connectivity index (χ0v) is 9.49. The molecule has 1 aromatic carbocycles. The summed E-state index contributed by atoms with van der Waals surface area (Å²) in [6.07, 6.45) is 2.37. The van der Waals surface area contributed by atoms with Gasteiger partial charge in [-0.3, -0.25) is 4.79 Å². The zero-order valence-electron chi connectivity index (χ0n) is 9.49. The molecule has 0 aliphatic heterocycles. The Morgan fingerprint density at radius 3 is 2.33 bits per heavy atom. The fourth-order valence-corrected chi connectivity index (χ4v) is 1.77. The largest absolute Gasteiger partial charge is 0.319 e. The van der Waals surface area contributed by atoms with Crippen molar-refractivity contribution in [2.75, 3.05) is 0 Å². The number of benzene rings is 1. The molecule has 0 aromatic heterocycles. The van der Waals surface area contributed by atoms with E-state index in [0.717, 1.165) is 18.4 Å². The maximum absolute atomic E-state index is 12.2. The Balaban J connectivity index is 2.92. The number of hydrogen-bond acceptors (Lipinski definition) is 2. The van der Waals surface area contributed by atoms with Gasteiger partial charge in [0.2, 0.25) is 0 Å². The molecule has 15 heavy (non-hydrogen) atoms. The summed E-state index contributed by atoms with van der Waals surface area (Å²) in [7, 11) is 0. The zero-order chi connectivity index (χ0) is 11.3. The van der Waals surface area contributed by atoms with Crippen LogP contribution < -0.4 is 5.73 Å². The van der Waals surface area contributed by atoms with Crippen LogP contribution in [-0.2, 0) is 0 Å². The number of hydrogen-bond donors (Lipinski definition) is 1. The van der Waals surface area contributed by atoms with E-state index in [9.17, 15) is 4.79 Å². The lowest BCUT2D eigenvalue weighted by Crippen LogP contribution is -2.47. The van der Waals surface area contributed by atoms with E-state index in [2.05, 4.69) is 6.92 Å². The van der Waals surface area contributed by atoms with E-state index in [1.807, 2.05) is 37.3 Å². The molecule has 2 heteroatoms. The first-order valence-electron chi connectivity index (χ1n) is 5.52. The van der Waals surface area contributed by atoms with Crippen LogP contribution in [0.15, 0.2) is 30.3 Å². The van der Waals surface area contributed by atoms with Crippen molar-refractivity contribution < 1.29 is 4.79 Å². The SMILES string of the molecule is CCCC(N)(CC)C(=O)c1ccccc1. The van der Waals surface area contributed by atoms with Crippen molar-refractivity contribution in [3.05, 3.63) is 35.9 Å². The first-order valence-corrected chi connectivity index (χ1v) is 5.52. The third-order valence-electron chi connectivity index (χ3n) is 2.82. The van der Waals surface area contributed by atoms with E-state index in [-0.39, 0.29) is 5.78 Å². The molecule has 82 valence electrons. The predicted octanol–water partition coefficient (Wildman–Crippen LogP) is 2.78. The van der Waals surface area contributed by atoms with Gasteiger partial charge in [0, 0.05) is 5.56 Å². The lowest BCUT2D eigenvalue weighted by atomic mass is 9.84. The van der Waals surface area contributed by atoms with E-state index in [4.69, 9.17) is 5.73 Å². The molecule has 0 heterocycles. The summed E-state index contributed by atoms with van der Waals surface area (Å²) in [5.74, 6) is 0.0625. The average Bonchev–Trinajstić information content (AvgIpc) is 2.29. The first-order chi connectivity index (χ1) is 7.14. The second-order valence-corrected chi connectivity index (χ2v) is 3.95. The van der Waals surface area contributed by atoms with Gasteiger partial charge in [0.05, 0.1) is 5.54 Å². The van der Waals surface area contributed by atoms with Crippen molar-refractivity contribution in [3.63, 3.8) is 0 Å². The van der Waals surface area contributed by atoms with E-state index >= 15 is 0 Å².